The number of benzene rings is 1. The van der Waals surface area contributed by atoms with Crippen LogP contribution < -0.4 is 20.3 Å². The molecule has 27 heavy (non-hydrogen) atoms. The summed E-state index contributed by atoms with van der Waals surface area (Å²) in [6.45, 7) is 2.35. The number of piperidine rings is 1. The van der Waals surface area contributed by atoms with Crippen molar-refractivity contribution in [2.75, 3.05) is 37.0 Å². The SMILES string of the molecule is COc1ccc(NC(=O)C(=O)NCC2CCN(c3cccnc3)CC2)cc1. The Morgan fingerprint density at radius 2 is 1.89 bits per heavy atom. The Morgan fingerprint density at radius 3 is 2.52 bits per heavy atom. The Balaban J connectivity index is 1.40. The predicted octanol–water partition coefficient (Wildman–Crippen LogP) is 2.06. The third kappa shape index (κ3) is 5.20. The first-order valence-corrected chi connectivity index (χ1v) is 9.04. The van der Waals surface area contributed by atoms with Gasteiger partial charge in [0.15, 0.2) is 0 Å². The van der Waals surface area contributed by atoms with Crippen LogP contribution in [0, 0.1) is 5.92 Å². The maximum absolute atomic E-state index is 12.0. The zero-order chi connectivity index (χ0) is 19.1. The summed E-state index contributed by atoms with van der Waals surface area (Å²) < 4.78 is 5.06. The van der Waals surface area contributed by atoms with Crippen LogP contribution in [0.2, 0.25) is 0 Å². The van der Waals surface area contributed by atoms with Crippen LogP contribution >= 0.6 is 0 Å². The Bertz CT molecular complexity index is 757. The molecular weight excluding hydrogens is 344 g/mol. The lowest BCUT2D eigenvalue weighted by atomic mass is 9.96. The van der Waals surface area contributed by atoms with Crippen LogP contribution in [-0.2, 0) is 9.59 Å². The molecule has 2 amide bonds. The Labute approximate surface area is 158 Å². The third-order valence-electron chi connectivity index (χ3n) is 4.73. The van der Waals surface area contributed by atoms with E-state index in [9.17, 15) is 9.59 Å². The Hall–Kier alpha value is -3.09. The lowest BCUT2D eigenvalue weighted by Gasteiger charge is -2.33. The zero-order valence-corrected chi connectivity index (χ0v) is 15.4. The Kier molecular flexibility index (Phi) is 6.25. The van der Waals surface area contributed by atoms with E-state index in [1.807, 2.05) is 12.3 Å². The van der Waals surface area contributed by atoms with Crippen LogP contribution in [0.1, 0.15) is 12.8 Å². The van der Waals surface area contributed by atoms with Crippen molar-refractivity contribution < 1.29 is 14.3 Å². The van der Waals surface area contributed by atoms with Crippen molar-refractivity contribution in [1.82, 2.24) is 10.3 Å². The summed E-state index contributed by atoms with van der Waals surface area (Å²) in [5.74, 6) is -0.209. The van der Waals surface area contributed by atoms with Crippen molar-refractivity contribution in [1.29, 1.82) is 0 Å². The average Bonchev–Trinajstić information content (AvgIpc) is 2.73. The van der Waals surface area contributed by atoms with Crippen molar-refractivity contribution in [2.24, 2.45) is 5.92 Å². The van der Waals surface area contributed by atoms with E-state index in [-0.39, 0.29) is 0 Å². The monoisotopic (exact) mass is 368 g/mol. The number of pyridine rings is 1. The molecule has 1 fully saturated rings. The number of carbonyl (C=O) groups excluding carboxylic acids is 2. The van der Waals surface area contributed by atoms with E-state index in [1.54, 1.807) is 37.6 Å². The highest BCUT2D eigenvalue weighted by Crippen LogP contribution is 2.22. The number of methoxy groups -OCH3 is 1. The molecule has 2 aromatic rings. The van der Waals surface area contributed by atoms with Gasteiger partial charge in [-0.15, -0.1) is 0 Å². The number of ether oxygens (including phenoxy) is 1. The summed E-state index contributed by atoms with van der Waals surface area (Å²) in [5, 5.41) is 5.33. The number of amides is 2. The largest absolute Gasteiger partial charge is 0.497 e. The van der Waals surface area contributed by atoms with Crippen LogP contribution in [0.15, 0.2) is 48.8 Å². The second-order valence-electron chi connectivity index (χ2n) is 6.53. The summed E-state index contributed by atoms with van der Waals surface area (Å²) in [6, 6.07) is 10.8. The smallest absolute Gasteiger partial charge is 0.313 e. The van der Waals surface area contributed by atoms with E-state index < -0.39 is 11.8 Å². The molecule has 0 saturated carbocycles. The zero-order valence-electron chi connectivity index (χ0n) is 15.4. The van der Waals surface area contributed by atoms with Gasteiger partial charge in [-0.1, -0.05) is 0 Å². The van der Waals surface area contributed by atoms with Crippen LogP contribution in [0.5, 0.6) is 5.75 Å². The van der Waals surface area contributed by atoms with E-state index in [0.717, 1.165) is 31.6 Å². The molecule has 0 radical (unpaired) electrons. The molecule has 0 spiro atoms. The molecule has 0 aliphatic carbocycles. The van der Waals surface area contributed by atoms with E-state index in [0.29, 0.717) is 23.9 Å². The lowest BCUT2D eigenvalue weighted by molar-refractivity contribution is -0.136. The summed E-state index contributed by atoms with van der Waals surface area (Å²) in [7, 11) is 1.57. The van der Waals surface area contributed by atoms with Crippen LogP contribution in [0.4, 0.5) is 11.4 Å². The molecule has 0 atom stereocenters. The number of carbonyl (C=O) groups is 2. The molecule has 1 aromatic heterocycles. The first-order valence-electron chi connectivity index (χ1n) is 9.04. The number of hydrogen-bond donors (Lipinski definition) is 2. The van der Waals surface area contributed by atoms with E-state index in [4.69, 9.17) is 4.74 Å². The molecule has 7 heteroatoms. The number of nitrogens with one attached hydrogen (secondary N) is 2. The summed E-state index contributed by atoms with van der Waals surface area (Å²) in [6.07, 6.45) is 5.57. The minimum atomic E-state index is -0.659. The second-order valence-corrected chi connectivity index (χ2v) is 6.53. The molecule has 2 N–H and O–H groups in total. The molecular formula is C20H24N4O3. The van der Waals surface area contributed by atoms with Crippen LogP contribution in [0.3, 0.4) is 0 Å². The van der Waals surface area contributed by atoms with E-state index in [2.05, 4.69) is 26.6 Å². The first kappa shape index (κ1) is 18.7. The van der Waals surface area contributed by atoms with Crippen LogP contribution in [-0.4, -0.2) is 43.5 Å². The molecule has 1 aliphatic heterocycles. The van der Waals surface area contributed by atoms with Gasteiger partial charge < -0.3 is 20.3 Å². The number of anilines is 2. The quantitative estimate of drug-likeness (QED) is 0.790. The molecule has 0 unspecified atom stereocenters. The van der Waals surface area contributed by atoms with Gasteiger partial charge in [-0.3, -0.25) is 14.6 Å². The van der Waals surface area contributed by atoms with Crippen molar-refractivity contribution in [2.45, 2.75) is 12.8 Å². The molecule has 2 heterocycles. The maximum atomic E-state index is 12.0. The van der Waals surface area contributed by atoms with Crippen molar-refractivity contribution in [3.05, 3.63) is 48.8 Å². The fourth-order valence-corrected chi connectivity index (χ4v) is 3.12. The highest BCUT2D eigenvalue weighted by molar-refractivity contribution is 6.39. The van der Waals surface area contributed by atoms with Crippen molar-refractivity contribution in [3.63, 3.8) is 0 Å². The van der Waals surface area contributed by atoms with Gasteiger partial charge in [-0.05, 0) is 55.2 Å². The van der Waals surface area contributed by atoms with E-state index >= 15 is 0 Å². The predicted molar refractivity (Wildman–Crippen MR) is 104 cm³/mol. The van der Waals surface area contributed by atoms with Gasteiger partial charge in [-0.2, -0.15) is 0 Å². The fraction of sp³-hybridized carbons (Fsp3) is 0.350. The molecule has 7 nitrogen and oxygen atoms in total. The minimum absolute atomic E-state index is 0.371. The van der Waals surface area contributed by atoms with Gasteiger partial charge >= 0.3 is 11.8 Å². The van der Waals surface area contributed by atoms with Gasteiger partial charge in [0.1, 0.15) is 5.75 Å². The minimum Gasteiger partial charge on any atom is -0.497 e. The lowest BCUT2D eigenvalue weighted by Crippen LogP contribution is -2.41. The van der Waals surface area contributed by atoms with Gasteiger partial charge in [0.05, 0.1) is 19.0 Å². The molecule has 3 rings (SSSR count). The summed E-state index contributed by atoms with van der Waals surface area (Å²) in [4.78, 5) is 30.5. The average molecular weight is 368 g/mol. The Morgan fingerprint density at radius 1 is 1.15 bits per heavy atom. The normalized spacial score (nSPS) is 14.5. The molecule has 1 aromatic carbocycles. The van der Waals surface area contributed by atoms with Gasteiger partial charge in [-0.25, -0.2) is 0 Å². The number of nitrogens with zero attached hydrogens (tertiary/aromatic N) is 2. The maximum Gasteiger partial charge on any atom is 0.313 e. The molecule has 1 saturated heterocycles. The highest BCUT2D eigenvalue weighted by Gasteiger charge is 2.21. The first-order chi connectivity index (χ1) is 13.2. The second kappa shape index (κ2) is 9.02. The molecule has 0 bridgehead atoms. The molecule has 1 aliphatic rings. The number of aromatic nitrogens is 1. The third-order valence-corrected chi connectivity index (χ3v) is 4.73. The van der Waals surface area contributed by atoms with E-state index in [1.165, 1.54) is 0 Å². The summed E-state index contributed by atoms with van der Waals surface area (Å²) >= 11 is 0. The van der Waals surface area contributed by atoms with Gasteiger partial charge in [0.25, 0.3) is 0 Å². The van der Waals surface area contributed by atoms with Crippen molar-refractivity contribution >= 4 is 23.2 Å². The summed E-state index contributed by atoms with van der Waals surface area (Å²) in [5.41, 5.74) is 1.68. The standard InChI is InChI=1S/C20H24N4O3/c1-27-18-6-4-16(5-7-18)23-20(26)19(25)22-13-15-8-11-24(12-9-15)17-3-2-10-21-14-17/h2-7,10,14-15H,8-9,11-13H2,1H3,(H,22,25)(H,23,26). The van der Waals surface area contributed by atoms with Crippen molar-refractivity contribution in [3.8, 4) is 5.75 Å². The van der Waals surface area contributed by atoms with Gasteiger partial charge in [0.2, 0.25) is 0 Å². The number of hydrogen-bond acceptors (Lipinski definition) is 5. The van der Waals surface area contributed by atoms with Crippen LogP contribution in [0.25, 0.3) is 0 Å². The number of rotatable bonds is 5. The fourth-order valence-electron chi connectivity index (χ4n) is 3.12. The molecule has 142 valence electrons. The topological polar surface area (TPSA) is 83.6 Å². The highest BCUT2D eigenvalue weighted by atomic mass is 16.5. The van der Waals surface area contributed by atoms with Gasteiger partial charge in [0, 0.05) is 31.5 Å².